The van der Waals surface area contributed by atoms with Gasteiger partial charge >= 0.3 is 11.9 Å². The normalized spacial score (nSPS) is 17.6. The molecule has 3 rings (SSSR count). The molecule has 6 nitrogen and oxygen atoms in total. The molecule has 0 unspecified atom stereocenters. The molecule has 1 aliphatic rings. The van der Waals surface area contributed by atoms with Gasteiger partial charge in [-0.2, -0.15) is 0 Å². The lowest BCUT2D eigenvalue weighted by Gasteiger charge is -2.29. The number of hydrogen-bond donors (Lipinski definition) is 0. The number of pyridine rings is 1. The van der Waals surface area contributed by atoms with Gasteiger partial charge in [0.25, 0.3) is 5.79 Å². The monoisotopic (exact) mass is 286 g/mol. The molecule has 0 amide bonds. The highest BCUT2D eigenvalue weighted by Gasteiger charge is 2.39. The number of ether oxygens (including phenoxy) is 2. The number of nitrogens with zero attached hydrogens (tertiary/aromatic N) is 2. The maximum absolute atomic E-state index is 12.0. The van der Waals surface area contributed by atoms with Gasteiger partial charge in [-0.15, -0.1) is 0 Å². The molecule has 2 aromatic heterocycles. The smallest absolute Gasteiger partial charge is 0.348 e. The van der Waals surface area contributed by atoms with E-state index in [2.05, 4.69) is 4.98 Å². The predicted molar refractivity (Wildman–Crippen MR) is 74.2 cm³/mol. The molecule has 2 aromatic rings. The second-order valence-electron chi connectivity index (χ2n) is 5.25. The number of imidazole rings is 1. The number of carbonyl (C=O) groups is 2. The van der Waals surface area contributed by atoms with Crippen LogP contribution in [0.3, 0.4) is 0 Å². The number of esters is 2. The number of aromatic nitrogens is 2. The summed E-state index contributed by atoms with van der Waals surface area (Å²) in [6.45, 7) is 4.83. The van der Waals surface area contributed by atoms with Crippen LogP contribution in [0.1, 0.15) is 25.2 Å². The molecule has 1 fully saturated rings. The van der Waals surface area contributed by atoms with Crippen LogP contribution < -0.4 is 0 Å². The van der Waals surface area contributed by atoms with Crippen molar-refractivity contribution in [2.45, 2.75) is 26.6 Å². The number of cyclic esters (lactones) is 2. The van der Waals surface area contributed by atoms with Gasteiger partial charge in [-0.1, -0.05) is 6.07 Å². The van der Waals surface area contributed by atoms with Crippen molar-refractivity contribution in [2.75, 3.05) is 0 Å². The van der Waals surface area contributed by atoms with E-state index in [1.54, 1.807) is 4.40 Å². The van der Waals surface area contributed by atoms with E-state index in [0.29, 0.717) is 11.4 Å². The molecule has 1 aliphatic heterocycles. The molecule has 0 aliphatic carbocycles. The molecule has 0 saturated carbocycles. The van der Waals surface area contributed by atoms with Gasteiger partial charge in [-0.3, -0.25) is 4.40 Å². The van der Waals surface area contributed by atoms with Crippen LogP contribution in [0.15, 0.2) is 30.0 Å². The number of carbonyl (C=O) groups excluding carboxylic acids is 2. The molecule has 0 bridgehead atoms. The van der Waals surface area contributed by atoms with Crippen LogP contribution in [-0.2, 0) is 19.1 Å². The van der Waals surface area contributed by atoms with E-state index in [9.17, 15) is 9.59 Å². The molecule has 0 atom stereocenters. The van der Waals surface area contributed by atoms with Crippen molar-refractivity contribution < 1.29 is 19.1 Å². The third-order valence-electron chi connectivity index (χ3n) is 3.15. The van der Waals surface area contributed by atoms with E-state index in [-0.39, 0.29) is 5.57 Å². The fourth-order valence-corrected chi connectivity index (χ4v) is 2.22. The Morgan fingerprint density at radius 3 is 2.52 bits per heavy atom. The van der Waals surface area contributed by atoms with Crippen LogP contribution in [-0.4, -0.2) is 27.1 Å². The van der Waals surface area contributed by atoms with Crippen LogP contribution >= 0.6 is 0 Å². The van der Waals surface area contributed by atoms with Crippen molar-refractivity contribution in [3.05, 3.63) is 41.4 Å². The maximum Gasteiger partial charge on any atom is 0.348 e. The SMILES string of the molecule is Cc1nc2ccccn2c1C=C1C(=O)OC(C)(C)OC1=O. The summed E-state index contributed by atoms with van der Waals surface area (Å²) < 4.78 is 11.9. The zero-order valence-electron chi connectivity index (χ0n) is 11.9. The average Bonchev–Trinajstić information content (AvgIpc) is 2.68. The summed E-state index contributed by atoms with van der Waals surface area (Å²) in [6.07, 6.45) is 3.26. The van der Waals surface area contributed by atoms with Gasteiger partial charge in [0.15, 0.2) is 0 Å². The Labute approximate surface area is 121 Å². The van der Waals surface area contributed by atoms with E-state index in [4.69, 9.17) is 9.47 Å². The second kappa shape index (κ2) is 4.44. The lowest BCUT2D eigenvalue weighted by atomic mass is 10.1. The average molecular weight is 286 g/mol. The molecule has 1 saturated heterocycles. The third-order valence-corrected chi connectivity index (χ3v) is 3.15. The Bertz CT molecular complexity index is 764. The third kappa shape index (κ3) is 2.29. The van der Waals surface area contributed by atoms with Crippen LogP contribution in [0.2, 0.25) is 0 Å². The van der Waals surface area contributed by atoms with Gasteiger partial charge in [-0.05, 0) is 25.1 Å². The Balaban J connectivity index is 2.10. The molecule has 0 spiro atoms. The molecule has 0 N–H and O–H groups in total. The Kier molecular flexibility index (Phi) is 2.83. The standard InChI is InChI=1S/C15H14N2O4/c1-9-11(17-7-5-4-6-12(17)16-9)8-10-13(18)20-15(2,3)21-14(10)19/h4-8H,1-3H3. The largest absolute Gasteiger partial charge is 0.419 e. The van der Waals surface area contributed by atoms with Crippen LogP contribution in [0.4, 0.5) is 0 Å². The Hall–Kier alpha value is -2.63. The summed E-state index contributed by atoms with van der Waals surface area (Å²) in [5.74, 6) is -2.62. The van der Waals surface area contributed by atoms with Gasteiger partial charge in [-0.25, -0.2) is 14.6 Å². The minimum absolute atomic E-state index is 0.136. The molecular formula is C15H14N2O4. The quantitative estimate of drug-likeness (QED) is 0.454. The first-order chi connectivity index (χ1) is 9.87. The van der Waals surface area contributed by atoms with Crippen molar-refractivity contribution in [1.29, 1.82) is 0 Å². The van der Waals surface area contributed by atoms with Gasteiger partial charge in [0.2, 0.25) is 0 Å². The van der Waals surface area contributed by atoms with Gasteiger partial charge in [0.05, 0.1) is 11.4 Å². The summed E-state index contributed by atoms with van der Waals surface area (Å²) in [5, 5.41) is 0. The summed E-state index contributed by atoms with van der Waals surface area (Å²) in [4.78, 5) is 28.3. The zero-order chi connectivity index (χ0) is 15.2. The minimum Gasteiger partial charge on any atom is -0.419 e. The highest BCUT2D eigenvalue weighted by Crippen LogP contribution is 2.25. The van der Waals surface area contributed by atoms with Crippen LogP contribution in [0.25, 0.3) is 11.7 Å². The van der Waals surface area contributed by atoms with E-state index < -0.39 is 17.7 Å². The summed E-state index contributed by atoms with van der Waals surface area (Å²) in [7, 11) is 0. The molecular weight excluding hydrogens is 272 g/mol. The zero-order valence-corrected chi connectivity index (χ0v) is 11.9. The number of hydrogen-bond acceptors (Lipinski definition) is 5. The lowest BCUT2D eigenvalue weighted by molar-refractivity contribution is -0.222. The summed E-state index contributed by atoms with van der Waals surface area (Å²) in [5.41, 5.74) is 1.95. The lowest BCUT2D eigenvalue weighted by Crippen LogP contribution is -2.41. The predicted octanol–water partition coefficient (Wildman–Crippen LogP) is 1.86. The fraction of sp³-hybridized carbons (Fsp3) is 0.267. The van der Waals surface area contributed by atoms with E-state index in [0.717, 1.165) is 5.65 Å². The maximum atomic E-state index is 12.0. The van der Waals surface area contributed by atoms with Crippen molar-refractivity contribution in [3.8, 4) is 0 Å². The van der Waals surface area contributed by atoms with Crippen LogP contribution in [0, 0.1) is 6.92 Å². The van der Waals surface area contributed by atoms with Crippen molar-refractivity contribution >= 4 is 23.7 Å². The fourth-order valence-electron chi connectivity index (χ4n) is 2.22. The Morgan fingerprint density at radius 2 is 1.86 bits per heavy atom. The van der Waals surface area contributed by atoms with Crippen molar-refractivity contribution in [3.63, 3.8) is 0 Å². The van der Waals surface area contributed by atoms with Crippen LogP contribution in [0.5, 0.6) is 0 Å². The highest BCUT2D eigenvalue weighted by atomic mass is 16.7. The van der Waals surface area contributed by atoms with E-state index >= 15 is 0 Å². The summed E-state index contributed by atoms with van der Waals surface area (Å²) >= 11 is 0. The number of aryl methyl sites for hydroxylation is 1. The van der Waals surface area contributed by atoms with Gasteiger partial charge < -0.3 is 9.47 Å². The molecule has 3 heterocycles. The first kappa shape index (κ1) is 13.4. The molecule has 21 heavy (non-hydrogen) atoms. The second-order valence-corrected chi connectivity index (χ2v) is 5.25. The number of fused-ring (bicyclic) bond motifs is 1. The molecule has 6 heteroatoms. The molecule has 108 valence electrons. The van der Waals surface area contributed by atoms with Gasteiger partial charge in [0, 0.05) is 20.0 Å². The van der Waals surface area contributed by atoms with Crippen molar-refractivity contribution in [2.24, 2.45) is 0 Å². The topological polar surface area (TPSA) is 69.9 Å². The molecule has 0 aromatic carbocycles. The van der Waals surface area contributed by atoms with E-state index in [1.807, 2.05) is 31.3 Å². The van der Waals surface area contributed by atoms with E-state index in [1.165, 1.54) is 19.9 Å². The van der Waals surface area contributed by atoms with Gasteiger partial charge in [0.1, 0.15) is 11.2 Å². The highest BCUT2D eigenvalue weighted by molar-refractivity contribution is 6.18. The molecule has 0 radical (unpaired) electrons. The first-order valence-electron chi connectivity index (χ1n) is 6.49. The summed E-state index contributed by atoms with van der Waals surface area (Å²) in [6, 6.07) is 5.55. The van der Waals surface area contributed by atoms with Crippen molar-refractivity contribution in [1.82, 2.24) is 9.38 Å². The number of rotatable bonds is 1. The first-order valence-corrected chi connectivity index (χ1v) is 6.49. The minimum atomic E-state index is -1.24. The Morgan fingerprint density at radius 1 is 1.19 bits per heavy atom.